The van der Waals surface area contributed by atoms with Gasteiger partial charge in [0.1, 0.15) is 0 Å². The van der Waals surface area contributed by atoms with E-state index in [0.29, 0.717) is 0 Å². The zero-order valence-corrected chi connectivity index (χ0v) is 8.09. The van der Waals surface area contributed by atoms with E-state index in [2.05, 4.69) is 23.3 Å². The highest BCUT2D eigenvalue weighted by Gasteiger charge is 1.96. The minimum absolute atomic E-state index is 0.744. The van der Waals surface area contributed by atoms with Crippen LogP contribution in [0.15, 0.2) is 18.3 Å². The van der Waals surface area contributed by atoms with E-state index < -0.39 is 0 Å². The highest BCUT2D eigenvalue weighted by molar-refractivity contribution is 5.17. The zero-order chi connectivity index (χ0) is 9.52. The Morgan fingerprint density at radius 2 is 2.38 bits per heavy atom. The van der Waals surface area contributed by atoms with E-state index in [0.717, 1.165) is 31.7 Å². The monoisotopic (exact) mass is 179 g/mol. The highest BCUT2D eigenvalue weighted by atomic mass is 14.9. The largest absolute Gasteiger partial charge is 0.330 e. The maximum absolute atomic E-state index is 5.38. The summed E-state index contributed by atoms with van der Waals surface area (Å²) in [5, 5.41) is 3.30. The molecule has 3 N–H and O–H groups in total. The third-order valence-corrected chi connectivity index (χ3v) is 1.97. The summed E-state index contributed by atoms with van der Waals surface area (Å²) >= 11 is 0. The molecule has 0 aliphatic carbocycles. The van der Waals surface area contributed by atoms with Crippen molar-refractivity contribution >= 4 is 0 Å². The molecule has 1 aromatic heterocycles. The van der Waals surface area contributed by atoms with Crippen LogP contribution < -0.4 is 11.1 Å². The molecule has 0 bridgehead atoms. The molecule has 0 radical (unpaired) electrons. The van der Waals surface area contributed by atoms with Crippen molar-refractivity contribution in [2.75, 3.05) is 13.1 Å². The number of hydrogen-bond donors (Lipinski definition) is 2. The van der Waals surface area contributed by atoms with Gasteiger partial charge < -0.3 is 11.1 Å². The Labute approximate surface area is 79.4 Å². The first kappa shape index (κ1) is 10.2. The van der Waals surface area contributed by atoms with E-state index in [1.807, 2.05) is 12.3 Å². The van der Waals surface area contributed by atoms with Crippen LogP contribution in [-0.2, 0) is 6.54 Å². The first-order valence-electron chi connectivity index (χ1n) is 4.66. The topological polar surface area (TPSA) is 50.9 Å². The maximum atomic E-state index is 5.38. The molecule has 72 valence electrons. The molecule has 0 aliphatic heterocycles. The SMILES string of the molecule is Cc1cccnc1CNCCCN. The van der Waals surface area contributed by atoms with E-state index in [1.54, 1.807) is 0 Å². The molecule has 3 nitrogen and oxygen atoms in total. The molecule has 0 fully saturated rings. The van der Waals surface area contributed by atoms with E-state index >= 15 is 0 Å². The molecule has 0 amide bonds. The van der Waals surface area contributed by atoms with Gasteiger partial charge in [0.15, 0.2) is 0 Å². The molecule has 3 heteroatoms. The third kappa shape index (κ3) is 3.53. The van der Waals surface area contributed by atoms with Crippen LogP contribution >= 0.6 is 0 Å². The molecule has 1 heterocycles. The summed E-state index contributed by atoms with van der Waals surface area (Å²) in [4.78, 5) is 4.28. The van der Waals surface area contributed by atoms with Gasteiger partial charge in [-0.3, -0.25) is 4.98 Å². The second kappa shape index (κ2) is 5.67. The van der Waals surface area contributed by atoms with Gasteiger partial charge in [-0.15, -0.1) is 0 Å². The maximum Gasteiger partial charge on any atom is 0.0570 e. The van der Waals surface area contributed by atoms with Crippen LogP contribution in [0.3, 0.4) is 0 Å². The van der Waals surface area contributed by atoms with Crippen molar-refractivity contribution in [3.05, 3.63) is 29.6 Å². The van der Waals surface area contributed by atoms with Crippen LogP contribution in [0.1, 0.15) is 17.7 Å². The van der Waals surface area contributed by atoms with Gasteiger partial charge in [0.05, 0.1) is 5.69 Å². The van der Waals surface area contributed by atoms with Gasteiger partial charge in [-0.1, -0.05) is 6.07 Å². The quantitative estimate of drug-likeness (QED) is 0.658. The van der Waals surface area contributed by atoms with Gasteiger partial charge in [-0.2, -0.15) is 0 Å². The minimum Gasteiger partial charge on any atom is -0.330 e. The fourth-order valence-corrected chi connectivity index (χ4v) is 1.14. The Bertz CT molecular complexity index is 248. The van der Waals surface area contributed by atoms with Crippen molar-refractivity contribution in [3.63, 3.8) is 0 Å². The number of nitrogens with one attached hydrogen (secondary N) is 1. The Morgan fingerprint density at radius 3 is 3.08 bits per heavy atom. The molecule has 13 heavy (non-hydrogen) atoms. The number of nitrogens with zero attached hydrogens (tertiary/aromatic N) is 1. The predicted molar refractivity (Wildman–Crippen MR) is 54.4 cm³/mol. The third-order valence-electron chi connectivity index (χ3n) is 1.97. The molecule has 0 aromatic carbocycles. The van der Waals surface area contributed by atoms with Crippen LogP contribution in [0.5, 0.6) is 0 Å². The molecule has 0 unspecified atom stereocenters. The highest BCUT2D eigenvalue weighted by Crippen LogP contribution is 2.01. The number of nitrogens with two attached hydrogens (primary N) is 1. The van der Waals surface area contributed by atoms with Crippen LogP contribution in [-0.4, -0.2) is 18.1 Å². The van der Waals surface area contributed by atoms with E-state index in [9.17, 15) is 0 Å². The first-order chi connectivity index (χ1) is 6.34. The lowest BCUT2D eigenvalue weighted by Crippen LogP contribution is -2.18. The van der Waals surface area contributed by atoms with Gasteiger partial charge in [0.25, 0.3) is 0 Å². The standard InChI is InChI=1S/C10H17N3/c1-9-4-2-7-13-10(9)8-12-6-3-5-11/h2,4,7,12H,3,5-6,8,11H2,1H3. The molecular weight excluding hydrogens is 162 g/mol. The molecule has 0 spiro atoms. The minimum atomic E-state index is 0.744. The van der Waals surface area contributed by atoms with Crippen LogP contribution in [0.25, 0.3) is 0 Å². The van der Waals surface area contributed by atoms with Gasteiger partial charge in [0, 0.05) is 12.7 Å². The summed E-state index contributed by atoms with van der Waals surface area (Å²) in [6, 6.07) is 4.03. The van der Waals surface area contributed by atoms with Crippen molar-refractivity contribution in [1.82, 2.24) is 10.3 Å². The molecular formula is C10H17N3. The van der Waals surface area contributed by atoms with Crippen molar-refractivity contribution in [3.8, 4) is 0 Å². The lowest BCUT2D eigenvalue weighted by molar-refractivity contribution is 0.644. The molecule has 0 saturated carbocycles. The number of rotatable bonds is 5. The molecule has 1 aromatic rings. The van der Waals surface area contributed by atoms with Crippen LogP contribution in [0, 0.1) is 6.92 Å². The summed E-state index contributed by atoms with van der Waals surface area (Å²) in [6.45, 7) is 4.63. The Kier molecular flexibility index (Phi) is 4.43. The fraction of sp³-hybridized carbons (Fsp3) is 0.500. The number of hydrogen-bond acceptors (Lipinski definition) is 3. The van der Waals surface area contributed by atoms with Crippen molar-refractivity contribution in [1.29, 1.82) is 0 Å². The molecule has 1 rings (SSSR count). The Morgan fingerprint density at radius 1 is 1.54 bits per heavy atom. The zero-order valence-electron chi connectivity index (χ0n) is 8.09. The van der Waals surface area contributed by atoms with Gasteiger partial charge in [0.2, 0.25) is 0 Å². The van der Waals surface area contributed by atoms with Crippen LogP contribution in [0.4, 0.5) is 0 Å². The molecule has 0 atom stereocenters. The summed E-state index contributed by atoms with van der Waals surface area (Å²) in [7, 11) is 0. The van der Waals surface area contributed by atoms with E-state index in [4.69, 9.17) is 5.73 Å². The smallest absolute Gasteiger partial charge is 0.0570 e. The van der Waals surface area contributed by atoms with Crippen molar-refractivity contribution < 1.29 is 0 Å². The lowest BCUT2D eigenvalue weighted by atomic mass is 10.2. The Balaban J connectivity index is 2.32. The number of pyridine rings is 1. The van der Waals surface area contributed by atoms with Crippen molar-refractivity contribution in [2.45, 2.75) is 19.9 Å². The normalized spacial score (nSPS) is 10.3. The average molecular weight is 179 g/mol. The van der Waals surface area contributed by atoms with Crippen molar-refractivity contribution in [2.24, 2.45) is 5.73 Å². The predicted octanol–water partition coefficient (Wildman–Crippen LogP) is 0.828. The summed E-state index contributed by atoms with van der Waals surface area (Å²) < 4.78 is 0. The van der Waals surface area contributed by atoms with E-state index in [-0.39, 0.29) is 0 Å². The number of aromatic nitrogens is 1. The average Bonchev–Trinajstić information content (AvgIpc) is 2.15. The van der Waals surface area contributed by atoms with Crippen LogP contribution in [0.2, 0.25) is 0 Å². The second-order valence-corrected chi connectivity index (χ2v) is 3.09. The van der Waals surface area contributed by atoms with Gasteiger partial charge >= 0.3 is 0 Å². The molecule has 0 saturated heterocycles. The first-order valence-corrected chi connectivity index (χ1v) is 4.66. The Hall–Kier alpha value is -0.930. The summed E-state index contributed by atoms with van der Waals surface area (Å²) in [5.74, 6) is 0. The summed E-state index contributed by atoms with van der Waals surface area (Å²) in [5.41, 5.74) is 7.75. The number of aryl methyl sites for hydroxylation is 1. The van der Waals surface area contributed by atoms with Gasteiger partial charge in [-0.05, 0) is 38.1 Å². The second-order valence-electron chi connectivity index (χ2n) is 3.09. The summed E-state index contributed by atoms with van der Waals surface area (Å²) in [6.07, 6.45) is 2.85. The lowest BCUT2D eigenvalue weighted by Gasteiger charge is -2.05. The van der Waals surface area contributed by atoms with Gasteiger partial charge in [-0.25, -0.2) is 0 Å². The van der Waals surface area contributed by atoms with E-state index in [1.165, 1.54) is 5.56 Å². The fourth-order valence-electron chi connectivity index (χ4n) is 1.14. The molecule has 0 aliphatic rings.